The molecule has 0 rings (SSSR count). The first-order valence-corrected chi connectivity index (χ1v) is 27.1. The SMILES string of the molecule is CCCCC/C=C\C/C=C\CCCCCCCCCC(=O)OC(COC(=O)CCCCCCCCCCCCCCCCCCCCCCC)COP(=O)(O)OCCN(C)C. The van der Waals surface area contributed by atoms with Gasteiger partial charge in [-0.15, -0.1) is 0 Å². The summed E-state index contributed by atoms with van der Waals surface area (Å²) >= 11 is 0. The molecule has 0 radical (unpaired) electrons. The highest BCUT2D eigenvalue weighted by molar-refractivity contribution is 7.47. The molecule has 0 bridgehead atoms. The van der Waals surface area contributed by atoms with Gasteiger partial charge in [-0.1, -0.05) is 212 Å². The summed E-state index contributed by atoms with van der Waals surface area (Å²) in [7, 11) is -0.709. The molecule has 0 saturated carbocycles. The van der Waals surface area contributed by atoms with Crippen LogP contribution < -0.4 is 0 Å². The van der Waals surface area contributed by atoms with E-state index in [1.54, 1.807) is 0 Å². The lowest BCUT2D eigenvalue weighted by Gasteiger charge is -2.20. The number of ether oxygens (including phenoxy) is 2. The van der Waals surface area contributed by atoms with Crippen molar-refractivity contribution in [2.24, 2.45) is 0 Å². The predicted octanol–water partition coefficient (Wildman–Crippen LogP) is 15.3. The number of phosphoric acid groups is 1. The lowest BCUT2D eigenvalue weighted by molar-refractivity contribution is -0.161. The van der Waals surface area contributed by atoms with E-state index in [0.717, 1.165) is 51.4 Å². The highest BCUT2D eigenvalue weighted by atomic mass is 31.2. The summed E-state index contributed by atoms with van der Waals surface area (Å²) in [5, 5.41) is 0. The van der Waals surface area contributed by atoms with E-state index in [0.29, 0.717) is 19.4 Å². The van der Waals surface area contributed by atoms with Gasteiger partial charge in [0.05, 0.1) is 13.2 Å². The smallest absolute Gasteiger partial charge is 0.462 e. The van der Waals surface area contributed by atoms with Gasteiger partial charge >= 0.3 is 19.8 Å². The van der Waals surface area contributed by atoms with Crippen LogP contribution in [-0.4, -0.2) is 68.3 Å². The highest BCUT2D eigenvalue weighted by Crippen LogP contribution is 2.43. The topological polar surface area (TPSA) is 112 Å². The van der Waals surface area contributed by atoms with E-state index in [4.69, 9.17) is 18.5 Å². The second-order valence-electron chi connectivity index (χ2n) is 17.7. The Morgan fingerprint density at radius 2 is 0.885 bits per heavy atom. The molecule has 2 unspecified atom stereocenters. The van der Waals surface area contributed by atoms with Crippen LogP contribution in [0, 0.1) is 0 Å². The van der Waals surface area contributed by atoms with E-state index in [9.17, 15) is 19.0 Å². The van der Waals surface area contributed by atoms with Crippen LogP contribution >= 0.6 is 7.82 Å². The Morgan fingerprint density at radius 1 is 0.508 bits per heavy atom. The van der Waals surface area contributed by atoms with Crippen molar-refractivity contribution in [2.45, 2.75) is 251 Å². The third-order valence-corrected chi connectivity index (χ3v) is 12.2. The number of carbonyl (C=O) groups is 2. The number of hydrogen-bond acceptors (Lipinski definition) is 8. The van der Waals surface area contributed by atoms with Crippen LogP contribution in [0.1, 0.15) is 245 Å². The van der Waals surface area contributed by atoms with Gasteiger partial charge in [0.1, 0.15) is 6.61 Å². The Balaban J connectivity index is 4.15. The quantitative estimate of drug-likeness (QED) is 0.0276. The van der Waals surface area contributed by atoms with E-state index < -0.39 is 26.5 Å². The molecule has 1 N–H and O–H groups in total. The average molecular weight is 884 g/mol. The fourth-order valence-electron chi connectivity index (χ4n) is 7.31. The number of nitrogens with zero attached hydrogens (tertiary/aromatic N) is 1. The Bertz CT molecular complexity index is 1070. The summed E-state index contributed by atoms with van der Waals surface area (Å²) in [5.74, 6) is -0.799. The lowest BCUT2D eigenvalue weighted by Crippen LogP contribution is -2.29. The summed E-state index contributed by atoms with van der Waals surface area (Å²) in [6, 6.07) is 0. The van der Waals surface area contributed by atoms with Crippen molar-refractivity contribution >= 4 is 19.8 Å². The average Bonchev–Trinajstić information content (AvgIpc) is 3.23. The van der Waals surface area contributed by atoms with Gasteiger partial charge < -0.3 is 19.3 Å². The second-order valence-corrected chi connectivity index (χ2v) is 19.2. The zero-order valence-corrected chi connectivity index (χ0v) is 41.3. The molecule has 10 heteroatoms. The number of carbonyl (C=O) groups excluding carboxylic acids is 2. The summed E-state index contributed by atoms with van der Waals surface area (Å²) in [6.07, 6.45) is 50.8. The van der Waals surface area contributed by atoms with E-state index >= 15 is 0 Å². The zero-order valence-electron chi connectivity index (χ0n) is 40.4. The zero-order chi connectivity index (χ0) is 44.8. The molecular formula is C51H98NO8P. The van der Waals surface area contributed by atoms with Gasteiger partial charge in [-0.2, -0.15) is 0 Å². The number of hydrogen-bond donors (Lipinski definition) is 1. The highest BCUT2D eigenvalue weighted by Gasteiger charge is 2.26. The molecule has 0 heterocycles. The third-order valence-electron chi connectivity index (χ3n) is 11.3. The van der Waals surface area contributed by atoms with Crippen molar-refractivity contribution < 1.29 is 37.6 Å². The van der Waals surface area contributed by atoms with Gasteiger partial charge in [0.25, 0.3) is 0 Å². The monoisotopic (exact) mass is 884 g/mol. The van der Waals surface area contributed by atoms with Gasteiger partial charge in [-0.05, 0) is 59.0 Å². The molecular weight excluding hydrogens is 786 g/mol. The second kappa shape index (κ2) is 46.5. The molecule has 0 saturated heterocycles. The first-order chi connectivity index (χ1) is 29.7. The van der Waals surface area contributed by atoms with E-state index in [1.807, 2.05) is 19.0 Å². The number of esters is 2. The minimum Gasteiger partial charge on any atom is -0.462 e. The van der Waals surface area contributed by atoms with Crippen LogP contribution in [0.2, 0.25) is 0 Å². The molecule has 9 nitrogen and oxygen atoms in total. The molecule has 0 aromatic carbocycles. The minimum absolute atomic E-state index is 0.00784. The first kappa shape index (κ1) is 59.5. The summed E-state index contributed by atoms with van der Waals surface area (Å²) in [6.45, 7) is 4.33. The predicted molar refractivity (Wildman–Crippen MR) is 257 cm³/mol. The minimum atomic E-state index is -4.37. The van der Waals surface area contributed by atoms with Gasteiger partial charge in [0, 0.05) is 19.4 Å². The van der Waals surface area contributed by atoms with Gasteiger partial charge in [0.15, 0.2) is 6.10 Å². The molecule has 0 spiro atoms. The van der Waals surface area contributed by atoms with Gasteiger partial charge in [0.2, 0.25) is 0 Å². The molecule has 0 aliphatic heterocycles. The molecule has 0 aromatic rings. The number of unbranched alkanes of at least 4 members (excludes halogenated alkanes) is 30. The molecule has 0 aliphatic carbocycles. The van der Waals surface area contributed by atoms with Gasteiger partial charge in [-0.3, -0.25) is 18.6 Å². The van der Waals surface area contributed by atoms with Crippen molar-refractivity contribution in [1.82, 2.24) is 4.90 Å². The van der Waals surface area contributed by atoms with Crippen molar-refractivity contribution in [3.05, 3.63) is 24.3 Å². The van der Waals surface area contributed by atoms with Crippen LogP contribution in [-0.2, 0) is 32.7 Å². The summed E-state index contributed by atoms with van der Waals surface area (Å²) in [5.41, 5.74) is 0. The molecule has 0 fully saturated rings. The van der Waals surface area contributed by atoms with Crippen LogP contribution in [0.25, 0.3) is 0 Å². The third kappa shape index (κ3) is 47.8. The van der Waals surface area contributed by atoms with Gasteiger partial charge in [-0.25, -0.2) is 4.57 Å². The molecule has 0 aromatic heterocycles. The standard InChI is InChI=1S/C51H98NO8P/c1-5-7-9-11-13-15-17-19-21-23-24-25-26-28-29-31-33-35-37-39-41-43-50(53)57-47-49(48-59-61(55,56)58-46-45-52(3)4)60-51(54)44-42-40-38-36-34-32-30-27-22-20-18-16-14-12-10-8-6-2/h14,16,20,22,49H,5-13,15,17-19,21,23-48H2,1-4H3,(H,55,56)/b16-14-,22-20-. The van der Waals surface area contributed by atoms with Crippen molar-refractivity contribution in [3.63, 3.8) is 0 Å². The van der Waals surface area contributed by atoms with Crippen LogP contribution in [0.15, 0.2) is 24.3 Å². The molecule has 0 aliphatic rings. The molecule has 61 heavy (non-hydrogen) atoms. The number of likely N-dealkylation sites (N-methyl/N-ethyl adjacent to an activating group) is 1. The molecule has 2 atom stereocenters. The Kier molecular flexibility index (Phi) is 45.3. The summed E-state index contributed by atoms with van der Waals surface area (Å²) in [4.78, 5) is 37.2. The van der Waals surface area contributed by atoms with E-state index in [-0.39, 0.29) is 25.6 Å². The molecule has 0 amide bonds. The maximum atomic E-state index is 12.7. The van der Waals surface area contributed by atoms with Crippen LogP contribution in [0.4, 0.5) is 0 Å². The fraction of sp³-hybridized carbons (Fsp3) is 0.882. The van der Waals surface area contributed by atoms with Crippen LogP contribution in [0.3, 0.4) is 0 Å². The maximum absolute atomic E-state index is 12.7. The Hall–Kier alpha value is -1.51. The number of rotatable bonds is 48. The van der Waals surface area contributed by atoms with Crippen molar-refractivity contribution in [1.29, 1.82) is 0 Å². The lowest BCUT2D eigenvalue weighted by atomic mass is 10.0. The summed E-state index contributed by atoms with van der Waals surface area (Å²) < 4.78 is 33.6. The Morgan fingerprint density at radius 3 is 1.33 bits per heavy atom. The maximum Gasteiger partial charge on any atom is 0.472 e. The van der Waals surface area contributed by atoms with Crippen molar-refractivity contribution in [3.8, 4) is 0 Å². The normalized spacial score (nSPS) is 13.4. The van der Waals surface area contributed by atoms with Crippen molar-refractivity contribution in [2.75, 3.05) is 40.5 Å². The van der Waals surface area contributed by atoms with Crippen LogP contribution in [0.5, 0.6) is 0 Å². The molecule has 360 valence electrons. The first-order valence-electron chi connectivity index (χ1n) is 25.6. The largest absolute Gasteiger partial charge is 0.472 e. The van der Waals surface area contributed by atoms with E-state index in [1.165, 1.54) is 161 Å². The number of phosphoric ester groups is 1. The van der Waals surface area contributed by atoms with E-state index in [2.05, 4.69) is 38.2 Å². The number of allylic oxidation sites excluding steroid dienone is 4. The Labute approximate surface area is 376 Å². The fourth-order valence-corrected chi connectivity index (χ4v) is 8.05.